The largest absolute Gasteiger partial charge is 0.293 e. The molecule has 0 fully saturated rings. The van der Waals surface area contributed by atoms with Gasteiger partial charge in [-0.2, -0.15) is 8.42 Å². The third-order valence-corrected chi connectivity index (χ3v) is 94.1. The van der Waals surface area contributed by atoms with Crippen molar-refractivity contribution >= 4 is 631 Å². The zero-order valence-corrected chi connectivity index (χ0v) is 88.6. The second-order valence-electron chi connectivity index (χ2n) is 11.3. The fraction of sp³-hybridized carbons (Fsp3) is 1.00. The summed E-state index contributed by atoms with van der Waals surface area (Å²) in [6, 6.07) is 0. The molecule has 0 spiro atoms. The minimum Gasteiger partial charge on any atom is -0.284 e. The first-order valence-electron chi connectivity index (χ1n) is 12.6. The molecule has 1 N–H and O–H groups in total. The zero-order chi connectivity index (χ0) is 52.0. The molecule has 0 rings (SSSR count). The van der Waals surface area contributed by atoms with Crippen LogP contribution in [0.2, 0.25) is 0 Å². The van der Waals surface area contributed by atoms with Gasteiger partial charge in [-0.3, -0.25) is 4.55 Å². The zero-order valence-electron chi connectivity index (χ0n) is 25.9. The number of alkyl halides is 39. The molecule has 0 aliphatic rings. The highest BCUT2D eigenvalue weighted by Crippen LogP contribution is 2.84. The van der Waals surface area contributed by atoms with Crippen molar-refractivity contribution in [2.45, 2.75) is 59.7 Å². The Labute approximate surface area is 686 Å². The van der Waals surface area contributed by atoms with Crippen LogP contribution in [0.15, 0.2) is 0 Å². The lowest BCUT2D eigenvalue weighted by Gasteiger charge is -2.62. The van der Waals surface area contributed by atoms with Crippen molar-refractivity contribution in [3.63, 3.8) is 0 Å². The maximum Gasteiger partial charge on any atom is 0.293 e. The predicted molar refractivity (Wildman–Crippen MR) is 412 cm³/mol. The van der Waals surface area contributed by atoms with Crippen molar-refractivity contribution in [2.24, 2.45) is 0 Å². The van der Waals surface area contributed by atoms with E-state index in [2.05, 4.69) is 621 Å². The number of hydrogen-bond acceptors (Lipinski definition) is 2. The molecule has 0 saturated carbocycles. The highest BCUT2D eigenvalue weighted by Gasteiger charge is 2.85. The molecule has 62 heavy (non-hydrogen) atoms. The van der Waals surface area contributed by atoms with Crippen LogP contribution in [-0.2, 0) is 10.1 Å². The predicted octanol–water partition coefficient (Wildman–Crippen LogP) is 28.4. The SMILES string of the molecule is O=S(=O)(O)C(Br)(Br)C(Br)(Br)C(Br)(Br)C(Br)(Br)C(Br)(Br)C(Br)(Br)C(Br)(Br)C(Br)(Br)C(Br)(Br)C(Br)(Br)C(Br)(Br)C(Br)(Br)C(Br)(Br)C(Br)(Br)C(Br)(Br)C(Br)(Br)C(Br)(Br)C(Br)(Br)C(Br)(Br)Br. The van der Waals surface area contributed by atoms with E-state index in [-0.39, 0.29) is 0 Å². The summed E-state index contributed by atoms with van der Waals surface area (Å²) in [7, 11) is -4.88. The smallest absolute Gasteiger partial charge is 0.284 e. The molecular formula is C19HBr39O3S. The van der Waals surface area contributed by atoms with Crippen LogP contribution in [0.25, 0.3) is 0 Å². The summed E-state index contributed by atoms with van der Waals surface area (Å²) in [5.41, 5.74) is 0. The molecule has 3 nitrogen and oxygen atoms in total. The van der Waals surface area contributed by atoms with Crippen LogP contribution in [0.3, 0.4) is 0 Å². The van der Waals surface area contributed by atoms with Crippen molar-refractivity contribution in [1.29, 1.82) is 0 Å². The highest BCUT2D eigenvalue weighted by molar-refractivity contribution is 9.43. The van der Waals surface area contributed by atoms with Crippen molar-refractivity contribution in [2.75, 3.05) is 0 Å². The summed E-state index contributed by atoms with van der Waals surface area (Å²) in [5.74, 6) is 0. The quantitative estimate of drug-likeness (QED) is 0.110. The molecule has 43 heteroatoms. The van der Waals surface area contributed by atoms with Gasteiger partial charge in [0, 0.05) is 0 Å². The monoisotopic (exact) mass is 3390 g/mol. The maximum absolute atomic E-state index is 12.7. The molecule has 0 aromatic heterocycles. The van der Waals surface area contributed by atoms with Gasteiger partial charge in [0.15, 0.2) is 2.14 Å². The van der Waals surface area contributed by atoms with Crippen LogP contribution in [-0.4, -0.2) is 72.6 Å². The normalized spacial score (nSPS) is 17.5. The molecule has 0 aliphatic heterocycles. The van der Waals surface area contributed by atoms with Crippen LogP contribution >= 0.6 is 621 Å². The Morgan fingerprint density at radius 1 is 0.194 bits per heavy atom. The number of rotatable bonds is 18. The van der Waals surface area contributed by atoms with E-state index in [1.807, 2.05) is 0 Å². The second-order valence-corrected chi connectivity index (χ2v) is 82.6. The van der Waals surface area contributed by atoms with E-state index in [4.69, 9.17) is 0 Å². The lowest BCUT2D eigenvalue weighted by atomic mass is 10.0. The third-order valence-electron chi connectivity index (χ3n) is 7.35. The summed E-state index contributed by atoms with van der Waals surface area (Å²) in [5, 5.41) is 0. The standard InChI is InChI=1S/C19HBr39O3S/c20-1(21,2(22,23)4(26,27)6(30,31)8(34,35)10(38,39)12(42,43)14(46,47)16(50,51)18(54,55)56)3(24,25)5(28,29)7(32,33)9(36,37)11(40,41)13(44,45)15(48,49)17(52,53)19(57,58)62(59,60)61/h(H,59,60,61). The molecule has 0 aromatic carbocycles. The van der Waals surface area contributed by atoms with Gasteiger partial charge < -0.3 is 0 Å². The van der Waals surface area contributed by atoms with E-state index in [9.17, 15) is 13.0 Å². The van der Waals surface area contributed by atoms with Gasteiger partial charge in [-0.25, -0.2) is 0 Å². The molecule has 0 heterocycles. The third kappa shape index (κ3) is 13.2. The van der Waals surface area contributed by atoms with Gasteiger partial charge in [0.25, 0.3) is 10.1 Å². The molecule has 374 valence electrons. The van der Waals surface area contributed by atoms with E-state index in [1.165, 1.54) is 0 Å². The van der Waals surface area contributed by atoms with Crippen LogP contribution < -0.4 is 0 Å². The van der Waals surface area contributed by atoms with E-state index in [0.29, 0.717) is 0 Å². The Balaban J connectivity index is 8.00. The molecule has 0 aromatic rings. The van der Waals surface area contributed by atoms with Crippen LogP contribution in [0.5, 0.6) is 0 Å². The van der Waals surface area contributed by atoms with Gasteiger partial charge in [-0.05, 0) is 31.9 Å². The minimum absolute atomic E-state index is 0.950. The molecule has 0 unspecified atom stereocenters. The maximum atomic E-state index is 12.7. The average Bonchev–Trinajstić information content (AvgIpc) is 3.01. The van der Waals surface area contributed by atoms with Gasteiger partial charge in [-0.15, -0.1) is 0 Å². The first kappa shape index (κ1) is 80.6. The second kappa shape index (κ2) is 25.6. The summed E-state index contributed by atoms with van der Waals surface area (Å²) in [6.07, 6.45) is 0. The first-order valence-corrected chi connectivity index (χ1v) is 45.0. The molecular weight excluding hydrogens is 3420 g/mol. The Kier molecular flexibility index (Phi) is 33.3. The Bertz CT molecular complexity index is 1780. The fourth-order valence-electron chi connectivity index (χ4n) is 3.48. The lowest BCUT2D eigenvalue weighted by molar-refractivity contribution is 0.470. The van der Waals surface area contributed by atoms with E-state index in [0.717, 1.165) is 0 Å². The van der Waals surface area contributed by atoms with Crippen LogP contribution in [0.1, 0.15) is 0 Å². The number of hydrogen-bond donors (Lipinski definition) is 1. The lowest BCUT2D eigenvalue weighted by Crippen LogP contribution is -2.74. The Morgan fingerprint density at radius 2 is 0.290 bits per heavy atom. The molecule has 0 amide bonds. The van der Waals surface area contributed by atoms with Crippen molar-refractivity contribution in [3.05, 3.63) is 0 Å². The molecule has 0 saturated heterocycles. The summed E-state index contributed by atoms with van der Waals surface area (Å²) in [4.78, 5) is 0. The number of halogens is 39. The van der Waals surface area contributed by atoms with E-state index in [1.54, 1.807) is 0 Å². The average molecular weight is 3430 g/mol. The molecule has 0 aliphatic carbocycles. The minimum atomic E-state index is -4.88. The van der Waals surface area contributed by atoms with Crippen LogP contribution in [0, 0.1) is 0 Å². The Morgan fingerprint density at radius 3 is 0.387 bits per heavy atom. The summed E-state index contributed by atoms with van der Waals surface area (Å²) in [6.45, 7) is 0. The first-order chi connectivity index (χ1) is 25.8. The van der Waals surface area contributed by atoms with Gasteiger partial charge in [0.05, 0.1) is 0 Å². The van der Waals surface area contributed by atoms with Crippen LogP contribution in [0.4, 0.5) is 0 Å². The van der Waals surface area contributed by atoms with Crippen molar-refractivity contribution in [3.8, 4) is 0 Å². The highest BCUT2D eigenvalue weighted by atomic mass is 80.0. The van der Waals surface area contributed by atoms with Gasteiger partial charge in [0.1, 0.15) is 55.0 Å². The van der Waals surface area contributed by atoms with E-state index < -0.39 is 69.8 Å². The summed E-state index contributed by atoms with van der Waals surface area (Å²) >= 11 is 149. The summed E-state index contributed by atoms with van der Waals surface area (Å²) < 4.78 is 7.74. The van der Waals surface area contributed by atoms with Gasteiger partial charge in [-0.1, -0.05) is 589 Å². The van der Waals surface area contributed by atoms with E-state index >= 15 is 0 Å². The van der Waals surface area contributed by atoms with Crippen molar-refractivity contribution in [1.82, 2.24) is 0 Å². The molecule has 0 radical (unpaired) electrons. The Hall–Kier alpha value is 18.6. The van der Waals surface area contributed by atoms with Gasteiger partial charge in [0.2, 0.25) is 2.57 Å². The van der Waals surface area contributed by atoms with Crippen molar-refractivity contribution < 1.29 is 13.0 Å². The molecule has 0 atom stereocenters. The molecule has 0 bridgehead atoms. The fourth-order valence-corrected chi connectivity index (χ4v) is 44.6. The van der Waals surface area contributed by atoms with Gasteiger partial charge >= 0.3 is 0 Å². The topological polar surface area (TPSA) is 54.4 Å².